The number of hydrogen-bond acceptors (Lipinski definition) is 13. The first-order valence-corrected chi connectivity index (χ1v) is 30.9. The average Bonchev–Trinajstić information content (AvgIpc) is 2.16. The van der Waals surface area contributed by atoms with Crippen molar-refractivity contribution >= 4 is 64.9 Å². The number of ketones is 1. The van der Waals surface area contributed by atoms with Crippen LogP contribution in [-0.4, -0.2) is 227 Å². The Morgan fingerprint density at radius 2 is 0.884 bits per heavy atom. The quantitative estimate of drug-likeness (QED) is 0.116. The van der Waals surface area contributed by atoms with E-state index in [1.165, 1.54) is 87.7 Å². The van der Waals surface area contributed by atoms with Gasteiger partial charge in [-0.15, -0.1) is 0 Å². The molecule has 0 radical (unpaired) electrons. The number of hydrogen-bond donors (Lipinski definition) is 5. The van der Waals surface area contributed by atoms with Crippen molar-refractivity contribution in [3.05, 3.63) is 12.2 Å². The lowest BCUT2D eigenvalue weighted by Gasteiger charge is -2.41. The first-order valence-electron chi connectivity index (χ1n) is 30.9. The minimum absolute atomic E-state index is 0.112. The van der Waals surface area contributed by atoms with Crippen molar-refractivity contribution in [2.45, 2.75) is 223 Å². The van der Waals surface area contributed by atoms with Crippen LogP contribution >= 0.6 is 0 Å². The van der Waals surface area contributed by atoms with Crippen molar-refractivity contribution < 1.29 is 57.8 Å². The number of carbonyl (C=O) groups is 11. The zero-order chi connectivity index (χ0) is 66.8. The number of rotatable bonds is 15. The van der Waals surface area contributed by atoms with E-state index < -0.39 is 162 Å². The Kier molecular flexibility index (Phi) is 31.9. The van der Waals surface area contributed by atoms with E-state index >= 15 is 9.59 Å². The average molecular weight is 1220 g/mol. The lowest BCUT2D eigenvalue weighted by Crippen LogP contribution is -2.63. The molecule has 1 heterocycles. The molecule has 492 valence electrons. The molecule has 0 aromatic carbocycles. The predicted molar refractivity (Wildman–Crippen MR) is 333 cm³/mol. The Morgan fingerprint density at radius 1 is 0.488 bits per heavy atom. The molecule has 1 aliphatic rings. The third-order valence-corrected chi connectivity index (χ3v) is 16.2. The molecule has 0 aliphatic carbocycles. The molecule has 0 aromatic heterocycles. The molecule has 12 atom stereocenters. The third kappa shape index (κ3) is 21.7. The minimum atomic E-state index is -1.81. The van der Waals surface area contributed by atoms with Gasteiger partial charge in [0.25, 0.3) is 5.91 Å². The van der Waals surface area contributed by atoms with Crippen molar-refractivity contribution in [2.24, 2.45) is 47.3 Å². The summed E-state index contributed by atoms with van der Waals surface area (Å²) in [6, 6.07) is -12.3. The number of nitrogens with zero attached hydrogens (tertiary/aromatic N) is 7. The van der Waals surface area contributed by atoms with Gasteiger partial charge in [-0.1, -0.05) is 116 Å². The molecule has 5 N–H and O–H groups in total. The Bertz CT molecular complexity index is 2360. The van der Waals surface area contributed by atoms with Crippen LogP contribution in [0.3, 0.4) is 0 Å². The first-order chi connectivity index (χ1) is 39.6. The SMILES string of the molecule is C/C=C/C[C@@H](C)C(=O)[C@H]1C(=O)N[C@@H](C(C)C)C(=O)N(C)CC(=O)N(C)[C@@H](CC(C)C)C(=O)N[C@@H](C(C)C)C(=O)N(C)[C@@H](CC(C)C)C(=O)N[C@@H](C)C(O)N[C@H](C)C(=O)N(C)[C@@H](CC(C)C)C(=O)N(C)[C@@H](CC(C)C)C(=O)N(C)[C@@H](C(C)C)C(=O)N1C. The van der Waals surface area contributed by atoms with Gasteiger partial charge in [-0.05, 0) is 94.3 Å². The topological polar surface area (TPSA) is 279 Å². The Balaban J connectivity index is 4.37. The molecule has 10 amide bonds. The normalized spacial score (nSPS) is 27.3. The van der Waals surface area contributed by atoms with Gasteiger partial charge in [0.15, 0.2) is 11.8 Å². The molecule has 86 heavy (non-hydrogen) atoms. The number of nitrogens with one attached hydrogen (secondary N) is 4. The second kappa shape index (κ2) is 35.1. The summed E-state index contributed by atoms with van der Waals surface area (Å²) in [4.78, 5) is 170. The van der Waals surface area contributed by atoms with E-state index in [9.17, 15) is 48.3 Å². The van der Waals surface area contributed by atoms with Gasteiger partial charge in [-0.3, -0.25) is 58.1 Å². The van der Waals surface area contributed by atoms with Gasteiger partial charge >= 0.3 is 0 Å². The standard InChI is InChI=1S/C63H113N11O12/c1-26-27-28-41(16)53(76)52-57(80)67-49(38(10)11)61(84)68(19)33-48(75)69(20)44(29-34(2)3)56(79)66-50(39(12)13)62(85)70(21)45(30-35(4)5)55(78)64-42(17)54(77)65-43(18)58(81)71(22)46(31-36(6)7)59(82)72(23)47(32-37(8)9)60(83)73(24)51(40(14)15)63(86)74(52)25/h26-27,34-47,49-52,54,65,77H,28-33H2,1-25H3,(H,64,78)(H,66,79)(H,67,80)/b27-26+/t41-,42+,43-,44+,45+,46+,47+,49+,50+,51+,52+,54?/m1/s1. The zero-order valence-corrected chi connectivity index (χ0v) is 56.9. The summed E-state index contributed by atoms with van der Waals surface area (Å²) in [6.07, 6.45) is 2.84. The highest BCUT2D eigenvalue weighted by molar-refractivity contribution is 6.10. The lowest BCUT2D eigenvalue weighted by atomic mass is 9.92. The highest BCUT2D eigenvalue weighted by Crippen LogP contribution is 2.25. The van der Waals surface area contributed by atoms with Crippen LogP contribution in [0.5, 0.6) is 0 Å². The molecule has 0 aromatic rings. The van der Waals surface area contributed by atoms with E-state index in [2.05, 4.69) is 21.3 Å². The van der Waals surface area contributed by atoms with Gasteiger partial charge in [-0.25, -0.2) is 0 Å². The number of aliphatic hydroxyl groups excluding tert-OH is 1. The Hall–Kier alpha value is -5.97. The van der Waals surface area contributed by atoms with Crippen molar-refractivity contribution in [3.8, 4) is 0 Å². The molecule has 1 rings (SSSR count). The third-order valence-electron chi connectivity index (χ3n) is 16.2. The van der Waals surface area contributed by atoms with Crippen LogP contribution in [-0.2, 0) is 52.7 Å². The van der Waals surface area contributed by atoms with E-state index in [0.717, 1.165) is 9.80 Å². The molecule has 1 saturated heterocycles. The van der Waals surface area contributed by atoms with Crippen LogP contribution < -0.4 is 21.3 Å². The van der Waals surface area contributed by atoms with Crippen molar-refractivity contribution in [1.82, 2.24) is 55.6 Å². The van der Waals surface area contributed by atoms with Crippen LogP contribution in [0.4, 0.5) is 0 Å². The van der Waals surface area contributed by atoms with Crippen molar-refractivity contribution in [1.29, 1.82) is 0 Å². The van der Waals surface area contributed by atoms with Crippen LogP contribution in [0.2, 0.25) is 0 Å². The van der Waals surface area contributed by atoms with Crippen LogP contribution in [0.15, 0.2) is 12.2 Å². The molecule has 0 spiro atoms. The highest BCUT2D eigenvalue weighted by Gasteiger charge is 2.46. The molecule has 1 fully saturated rings. The van der Waals surface area contributed by atoms with Gasteiger partial charge in [-0.2, -0.15) is 0 Å². The molecule has 0 saturated carbocycles. The maximum Gasteiger partial charge on any atom is 0.251 e. The lowest BCUT2D eigenvalue weighted by molar-refractivity contribution is -0.157. The van der Waals surface area contributed by atoms with Crippen molar-refractivity contribution in [3.63, 3.8) is 0 Å². The molecular weight excluding hydrogens is 1100 g/mol. The van der Waals surface area contributed by atoms with E-state index in [1.807, 2.05) is 55.4 Å². The molecule has 23 nitrogen and oxygen atoms in total. The van der Waals surface area contributed by atoms with E-state index in [1.54, 1.807) is 67.5 Å². The van der Waals surface area contributed by atoms with Crippen molar-refractivity contribution in [2.75, 3.05) is 55.9 Å². The number of allylic oxidation sites excluding steroid dienone is 2. The Morgan fingerprint density at radius 3 is 1.33 bits per heavy atom. The molecule has 23 heteroatoms. The van der Waals surface area contributed by atoms with Crippen LogP contribution in [0, 0.1) is 47.3 Å². The monoisotopic (exact) mass is 1220 g/mol. The molecular formula is C63H113N11O12. The number of aliphatic hydroxyl groups is 1. The summed E-state index contributed by atoms with van der Waals surface area (Å²) in [6.45, 7) is 31.1. The number of carbonyl (C=O) groups excluding carboxylic acids is 11. The van der Waals surface area contributed by atoms with Gasteiger partial charge in [0.2, 0.25) is 53.2 Å². The largest absolute Gasteiger partial charge is 0.376 e. The number of likely N-dealkylation sites (N-methyl/N-ethyl adjacent to an activating group) is 7. The second-order valence-electron chi connectivity index (χ2n) is 26.8. The zero-order valence-electron chi connectivity index (χ0n) is 56.9. The maximum absolute atomic E-state index is 15.2. The first kappa shape index (κ1) is 78.0. The van der Waals surface area contributed by atoms with E-state index in [0.29, 0.717) is 0 Å². The smallest absolute Gasteiger partial charge is 0.251 e. The van der Waals surface area contributed by atoms with E-state index in [-0.39, 0.29) is 55.8 Å². The van der Waals surface area contributed by atoms with Gasteiger partial charge in [0.1, 0.15) is 48.5 Å². The van der Waals surface area contributed by atoms with Gasteiger partial charge in [0, 0.05) is 55.3 Å². The minimum Gasteiger partial charge on any atom is -0.376 e. The fraction of sp³-hybridized carbons (Fsp3) is 0.794. The van der Waals surface area contributed by atoms with E-state index in [4.69, 9.17) is 0 Å². The van der Waals surface area contributed by atoms with Gasteiger partial charge < -0.3 is 55.4 Å². The summed E-state index contributed by atoms with van der Waals surface area (Å²) in [5.41, 5.74) is 0. The van der Waals surface area contributed by atoms with Crippen LogP contribution in [0.1, 0.15) is 157 Å². The Labute approximate surface area is 515 Å². The summed E-state index contributed by atoms with van der Waals surface area (Å²) in [5.74, 6) is -10.5. The number of amides is 10. The predicted octanol–water partition coefficient (Wildman–Crippen LogP) is 3.52. The fourth-order valence-electron chi connectivity index (χ4n) is 10.7. The maximum atomic E-state index is 15.2. The summed E-state index contributed by atoms with van der Waals surface area (Å²) < 4.78 is 0. The molecule has 0 bridgehead atoms. The molecule has 1 aliphatic heterocycles. The van der Waals surface area contributed by atoms with Gasteiger partial charge in [0.05, 0.1) is 18.6 Å². The highest BCUT2D eigenvalue weighted by atomic mass is 16.3. The van der Waals surface area contributed by atoms with Crippen LogP contribution in [0.25, 0.3) is 0 Å². The summed E-state index contributed by atoms with van der Waals surface area (Å²) in [7, 11) is 9.89. The second-order valence-corrected chi connectivity index (χ2v) is 26.8. The number of Topliss-reactive ketones (excluding diaryl/α,β-unsaturated/α-hetero) is 1. The fourth-order valence-corrected chi connectivity index (χ4v) is 10.7. The molecule has 1 unspecified atom stereocenters. The summed E-state index contributed by atoms with van der Waals surface area (Å²) in [5, 5.41) is 22.8. The summed E-state index contributed by atoms with van der Waals surface area (Å²) >= 11 is 0.